The van der Waals surface area contributed by atoms with Gasteiger partial charge in [-0.2, -0.15) is 27.1 Å². The third kappa shape index (κ3) is 6.50. The lowest BCUT2D eigenvalue weighted by molar-refractivity contribution is -0.242. The minimum absolute atomic E-state index is 0.0936. The van der Waals surface area contributed by atoms with E-state index in [9.17, 15) is 43.6 Å². The van der Waals surface area contributed by atoms with Crippen LogP contribution in [0.2, 0.25) is 0 Å². The Bertz CT molecular complexity index is 1540. The van der Waals surface area contributed by atoms with E-state index in [1.54, 1.807) is 0 Å². The molecule has 1 unspecified atom stereocenters. The zero-order valence-corrected chi connectivity index (χ0v) is 23.4. The number of alkyl halides is 5. The fraction of sp³-hybridized carbons (Fsp3) is 0.545. The fourth-order valence-electron chi connectivity index (χ4n) is 3.80. The third-order valence-corrected chi connectivity index (χ3v) is 10.1. The van der Waals surface area contributed by atoms with Crippen LogP contribution in [0.25, 0.3) is 0 Å². The van der Waals surface area contributed by atoms with Crippen LogP contribution in [0.3, 0.4) is 0 Å². The number of ether oxygens (including phenoxy) is 2. The molecule has 4 rings (SSSR count). The molecule has 0 radical (unpaired) electrons. The quantitative estimate of drug-likeness (QED) is 0.400. The average molecular weight is 632 g/mol. The van der Waals surface area contributed by atoms with Gasteiger partial charge in [-0.05, 0) is 51.8 Å². The molecule has 1 aliphatic heterocycles. The topological polar surface area (TPSA) is 149 Å². The molecule has 228 valence electrons. The van der Waals surface area contributed by atoms with Crippen molar-refractivity contribution in [3.8, 4) is 5.75 Å². The molecular formula is C22H26F5N5O7S2. The van der Waals surface area contributed by atoms with Gasteiger partial charge >= 0.3 is 18.8 Å². The number of amides is 1. The van der Waals surface area contributed by atoms with Crippen LogP contribution >= 0.6 is 0 Å². The number of hydrogen-bond acceptors (Lipinski definition) is 8. The fourth-order valence-corrected chi connectivity index (χ4v) is 6.87. The average Bonchev–Trinajstić information content (AvgIpc) is 3.63. The Hall–Kier alpha value is -3.19. The number of aryl methyl sites for hydroxylation is 1. The number of halogens is 5. The second-order valence-corrected chi connectivity index (χ2v) is 13.8. The zero-order chi connectivity index (χ0) is 30.5. The number of carbonyl (C=O) groups is 1. The smallest absolute Gasteiger partial charge is 0.427 e. The Labute approximate surface area is 231 Å². The Kier molecular flexibility index (Phi) is 7.93. The zero-order valence-electron chi connectivity index (χ0n) is 21.8. The first-order chi connectivity index (χ1) is 18.8. The van der Waals surface area contributed by atoms with Gasteiger partial charge in [0.1, 0.15) is 16.7 Å². The minimum atomic E-state index is -4.88. The van der Waals surface area contributed by atoms with E-state index in [0.717, 1.165) is 10.4 Å². The molecule has 1 amide bonds. The lowest BCUT2D eigenvalue weighted by Gasteiger charge is -2.35. The van der Waals surface area contributed by atoms with Gasteiger partial charge in [-0.3, -0.25) is 9.62 Å². The number of anilines is 2. The molecule has 0 spiro atoms. The number of benzene rings is 1. The molecule has 1 saturated carbocycles. The first-order valence-corrected chi connectivity index (χ1v) is 15.0. The first-order valence-electron chi connectivity index (χ1n) is 12.0. The van der Waals surface area contributed by atoms with Gasteiger partial charge in [0.15, 0.2) is 0 Å². The maximum atomic E-state index is 13.7. The number of carbonyl (C=O) groups excluding carboxylic acids is 1. The van der Waals surface area contributed by atoms with E-state index >= 15 is 0 Å². The SMILES string of the molecule is Cc1nn(C(F)F)cc1S(=O)(=O)N1CC(CNS(=O)(=O)C2CC2)Oc2ccc(NC(=O)OC(C)(C)C(F)(F)F)cc21. The molecule has 19 heteroatoms. The number of rotatable bonds is 9. The van der Waals surface area contributed by atoms with Crippen LogP contribution in [0.15, 0.2) is 29.3 Å². The highest BCUT2D eigenvalue weighted by atomic mass is 32.2. The summed E-state index contributed by atoms with van der Waals surface area (Å²) in [5.74, 6) is -0.0936. The number of fused-ring (bicyclic) bond motifs is 1. The van der Waals surface area contributed by atoms with Crippen molar-refractivity contribution in [2.75, 3.05) is 22.7 Å². The van der Waals surface area contributed by atoms with Gasteiger partial charge in [0.25, 0.3) is 10.0 Å². The molecule has 2 aromatic rings. The summed E-state index contributed by atoms with van der Waals surface area (Å²) in [6.45, 7) is -1.47. The largest absolute Gasteiger partial charge is 0.485 e. The maximum Gasteiger partial charge on any atom is 0.427 e. The summed E-state index contributed by atoms with van der Waals surface area (Å²) in [5, 5.41) is 5.06. The minimum Gasteiger partial charge on any atom is -0.485 e. The van der Waals surface area contributed by atoms with Crippen molar-refractivity contribution >= 4 is 37.5 Å². The number of nitrogens with one attached hydrogen (secondary N) is 2. The monoisotopic (exact) mass is 631 g/mol. The lowest BCUT2D eigenvalue weighted by Crippen LogP contribution is -2.48. The molecule has 1 fully saturated rings. The molecule has 0 saturated heterocycles. The van der Waals surface area contributed by atoms with E-state index in [-0.39, 0.29) is 34.0 Å². The molecule has 2 aliphatic rings. The predicted molar refractivity (Wildman–Crippen MR) is 134 cm³/mol. The third-order valence-electron chi connectivity index (χ3n) is 6.28. The van der Waals surface area contributed by atoms with Crippen LogP contribution in [0, 0.1) is 6.92 Å². The molecule has 1 aliphatic carbocycles. The molecule has 1 aromatic heterocycles. The maximum absolute atomic E-state index is 13.7. The molecule has 2 heterocycles. The molecule has 1 aromatic carbocycles. The van der Waals surface area contributed by atoms with Gasteiger partial charge < -0.3 is 9.47 Å². The molecular weight excluding hydrogens is 605 g/mol. The van der Waals surface area contributed by atoms with Crippen LogP contribution in [-0.2, 0) is 24.8 Å². The van der Waals surface area contributed by atoms with E-state index in [0.29, 0.717) is 32.9 Å². The first kappa shape index (κ1) is 30.8. The van der Waals surface area contributed by atoms with Crippen molar-refractivity contribution in [3.63, 3.8) is 0 Å². The van der Waals surface area contributed by atoms with Crippen LogP contribution in [-0.4, -0.2) is 68.9 Å². The highest BCUT2D eigenvalue weighted by molar-refractivity contribution is 7.93. The van der Waals surface area contributed by atoms with Crippen LogP contribution in [0.1, 0.15) is 38.9 Å². The summed E-state index contributed by atoms with van der Waals surface area (Å²) in [7, 11) is -8.30. The van der Waals surface area contributed by atoms with Crippen molar-refractivity contribution < 1.29 is 53.1 Å². The molecule has 1 atom stereocenters. The second kappa shape index (κ2) is 10.6. The summed E-state index contributed by atoms with van der Waals surface area (Å²) in [4.78, 5) is 11.6. The Morgan fingerprint density at radius 3 is 2.41 bits per heavy atom. The summed E-state index contributed by atoms with van der Waals surface area (Å²) in [6, 6.07) is 3.48. The standard InChI is InChI=1S/C22H26F5N5O7S2/c1-12-18(11-31(30-12)19(23)24)41(36,37)32-10-14(9-28-40(34,35)15-5-6-15)38-17-7-4-13(8-16(17)32)29-20(33)39-21(2,3)22(25,26)27/h4,7-8,11,14-15,19,28H,5-6,9-10H2,1-3H3,(H,29,33). The van der Waals surface area contributed by atoms with E-state index in [4.69, 9.17) is 4.74 Å². The second-order valence-electron chi connectivity index (χ2n) is 9.91. The highest BCUT2D eigenvalue weighted by Crippen LogP contribution is 2.40. The van der Waals surface area contributed by atoms with Crippen molar-refractivity contribution in [2.24, 2.45) is 0 Å². The predicted octanol–water partition coefficient (Wildman–Crippen LogP) is 3.51. The van der Waals surface area contributed by atoms with E-state index in [1.807, 2.05) is 0 Å². The van der Waals surface area contributed by atoms with Crippen molar-refractivity contribution in [1.82, 2.24) is 14.5 Å². The van der Waals surface area contributed by atoms with Gasteiger partial charge in [-0.25, -0.2) is 31.0 Å². The highest BCUT2D eigenvalue weighted by Gasteiger charge is 2.51. The summed E-state index contributed by atoms with van der Waals surface area (Å²) in [5.41, 5.74) is -3.48. The lowest BCUT2D eigenvalue weighted by atomic mass is 10.1. The summed E-state index contributed by atoms with van der Waals surface area (Å²) >= 11 is 0. The van der Waals surface area contributed by atoms with Gasteiger partial charge in [0.05, 0.1) is 29.4 Å². The van der Waals surface area contributed by atoms with Crippen LogP contribution in [0.5, 0.6) is 5.75 Å². The summed E-state index contributed by atoms with van der Waals surface area (Å²) in [6.07, 6.45) is -5.83. The normalized spacial score (nSPS) is 18.2. The van der Waals surface area contributed by atoms with Gasteiger partial charge in [-0.15, -0.1) is 0 Å². The van der Waals surface area contributed by atoms with Gasteiger partial charge in [-0.1, -0.05) is 0 Å². The van der Waals surface area contributed by atoms with Crippen LogP contribution in [0.4, 0.5) is 38.1 Å². The summed E-state index contributed by atoms with van der Waals surface area (Å²) < 4.78 is 131. The Balaban J connectivity index is 1.67. The van der Waals surface area contributed by atoms with Crippen LogP contribution < -0.4 is 19.1 Å². The number of hydrogen-bond donors (Lipinski definition) is 2. The van der Waals surface area contributed by atoms with E-state index < -0.39 is 67.3 Å². The number of nitrogens with zero attached hydrogens (tertiary/aromatic N) is 3. The number of sulfonamides is 2. The van der Waals surface area contributed by atoms with Gasteiger partial charge in [0.2, 0.25) is 15.6 Å². The van der Waals surface area contributed by atoms with E-state index in [2.05, 4.69) is 19.9 Å². The number of aromatic nitrogens is 2. The van der Waals surface area contributed by atoms with Crippen molar-refractivity contribution in [3.05, 3.63) is 30.1 Å². The Morgan fingerprint density at radius 2 is 1.85 bits per heavy atom. The molecule has 41 heavy (non-hydrogen) atoms. The molecule has 12 nitrogen and oxygen atoms in total. The molecule has 0 bridgehead atoms. The Morgan fingerprint density at radius 1 is 1.20 bits per heavy atom. The molecule has 2 N–H and O–H groups in total. The van der Waals surface area contributed by atoms with Crippen molar-refractivity contribution in [1.29, 1.82) is 0 Å². The van der Waals surface area contributed by atoms with Crippen molar-refractivity contribution in [2.45, 2.75) is 68.2 Å². The van der Waals surface area contributed by atoms with E-state index in [1.165, 1.54) is 19.1 Å². The van der Waals surface area contributed by atoms with Gasteiger partial charge in [0, 0.05) is 12.2 Å².